The fourth-order valence-corrected chi connectivity index (χ4v) is 10.9. The topological polar surface area (TPSA) is 9.72 Å². The molecule has 3 heteroatoms. The highest BCUT2D eigenvalue weighted by atomic mass is 15.2. The summed E-state index contributed by atoms with van der Waals surface area (Å²) in [7, 11) is 0. The summed E-state index contributed by atoms with van der Waals surface area (Å²) in [6.45, 7) is 4.88. The Morgan fingerprint density at radius 1 is 0.459 bits per heavy atom. The van der Waals surface area contributed by atoms with Crippen LogP contribution >= 0.6 is 0 Å². The molecular weight excluding hydrogens is 739 g/mol. The zero-order valence-corrected chi connectivity index (χ0v) is 35.0. The molecule has 0 spiro atoms. The minimum atomic E-state index is -0.132. The van der Waals surface area contributed by atoms with Crippen LogP contribution in [0, 0.1) is 0 Å². The Bertz CT molecular complexity index is 2700. The van der Waals surface area contributed by atoms with E-state index >= 15 is 0 Å². The molecule has 8 aromatic rings. The van der Waals surface area contributed by atoms with Crippen molar-refractivity contribution in [1.29, 1.82) is 0 Å². The van der Waals surface area contributed by atoms with Crippen LogP contribution in [0.4, 0.5) is 45.5 Å². The van der Waals surface area contributed by atoms with Gasteiger partial charge in [0.15, 0.2) is 0 Å². The first kappa shape index (κ1) is 37.2. The first-order valence-electron chi connectivity index (χ1n) is 22.1. The second-order valence-electron chi connectivity index (χ2n) is 17.7. The Morgan fingerprint density at radius 2 is 0.934 bits per heavy atom. The smallest absolute Gasteiger partial charge is 0.0491 e. The maximum atomic E-state index is 2.78. The molecule has 0 radical (unpaired) electrons. The molecule has 0 saturated heterocycles. The van der Waals surface area contributed by atoms with Crippen LogP contribution in [0.3, 0.4) is 0 Å². The summed E-state index contributed by atoms with van der Waals surface area (Å²) in [5.74, 6) is 0.912. The number of hydrogen-bond acceptors (Lipinski definition) is 3. The van der Waals surface area contributed by atoms with E-state index in [4.69, 9.17) is 0 Å². The van der Waals surface area contributed by atoms with Gasteiger partial charge >= 0.3 is 0 Å². The Balaban J connectivity index is 0.973. The van der Waals surface area contributed by atoms with Crippen molar-refractivity contribution in [2.45, 2.75) is 62.8 Å². The highest BCUT2D eigenvalue weighted by Crippen LogP contribution is 2.61. The molecule has 3 nitrogen and oxygen atoms in total. The summed E-state index contributed by atoms with van der Waals surface area (Å²) in [5, 5.41) is 0. The van der Waals surface area contributed by atoms with E-state index in [1.54, 1.807) is 0 Å². The zero-order chi connectivity index (χ0) is 40.9. The van der Waals surface area contributed by atoms with Crippen LogP contribution in [0.15, 0.2) is 206 Å². The van der Waals surface area contributed by atoms with E-state index in [0.717, 1.165) is 23.5 Å². The van der Waals surface area contributed by atoms with Crippen molar-refractivity contribution in [2.24, 2.45) is 0 Å². The largest absolute Gasteiger partial charge is 0.337 e. The van der Waals surface area contributed by atoms with E-state index < -0.39 is 0 Å². The number of hydrogen-bond donors (Lipinski definition) is 0. The van der Waals surface area contributed by atoms with E-state index in [1.807, 2.05) is 0 Å². The predicted octanol–water partition coefficient (Wildman–Crippen LogP) is 15.9. The summed E-state index contributed by atoms with van der Waals surface area (Å²) in [6, 6.07) is 76.4. The van der Waals surface area contributed by atoms with Gasteiger partial charge in [-0.15, -0.1) is 0 Å². The van der Waals surface area contributed by atoms with Gasteiger partial charge in [-0.3, -0.25) is 0 Å². The van der Waals surface area contributed by atoms with Crippen molar-refractivity contribution in [3.8, 4) is 11.1 Å². The SMILES string of the molecule is CC1(C)c2ccccc2N2c3c(cc(-c4ccc(N(c5ccccc5)c5ccccc5)cc4)cc31)C1CC(c3ccc(N(c4ccccc4)c4ccccc4)cc3)CCCC12. The lowest BCUT2D eigenvalue weighted by Crippen LogP contribution is -2.36. The molecule has 3 atom stereocenters. The van der Waals surface area contributed by atoms with Crippen molar-refractivity contribution in [3.05, 3.63) is 229 Å². The van der Waals surface area contributed by atoms with Gasteiger partial charge in [-0.1, -0.05) is 136 Å². The zero-order valence-electron chi connectivity index (χ0n) is 35.0. The fourth-order valence-electron chi connectivity index (χ4n) is 10.9. The molecule has 1 aliphatic carbocycles. The molecule has 1 fully saturated rings. The quantitative estimate of drug-likeness (QED) is 0.152. The minimum Gasteiger partial charge on any atom is -0.337 e. The monoisotopic (exact) mass is 789 g/mol. The molecule has 3 unspecified atom stereocenters. The highest BCUT2D eigenvalue weighted by Gasteiger charge is 2.49. The van der Waals surface area contributed by atoms with Crippen LogP contribution in [0.1, 0.15) is 73.6 Å². The fraction of sp³-hybridized carbons (Fsp3) is 0.172. The van der Waals surface area contributed by atoms with Gasteiger partial charge in [-0.05, 0) is 150 Å². The number of benzene rings is 8. The van der Waals surface area contributed by atoms with E-state index in [-0.39, 0.29) is 5.41 Å². The summed E-state index contributed by atoms with van der Waals surface area (Å²) in [6.07, 6.45) is 4.75. The summed E-state index contributed by atoms with van der Waals surface area (Å²) >= 11 is 0. The lowest BCUT2D eigenvalue weighted by Gasteiger charge is -2.42. The molecule has 3 aliphatic rings. The molecule has 0 amide bonds. The molecule has 8 aromatic carbocycles. The van der Waals surface area contributed by atoms with Crippen LogP contribution in [0.25, 0.3) is 11.1 Å². The molecule has 1 saturated carbocycles. The van der Waals surface area contributed by atoms with Gasteiger partial charge < -0.3 is 14.7 Å². The van der Waals surface area contributed by atoms with Crippen LogP contribution in [0.5, 0.6) is 0 Å². The molecule has 0 bridgehead atoms. The van der Waals surface area contributed by atoms with Gasteiger partial charge in [0.2, 0.25) is 0 Å². The Labute approximate surface area is 361 Å². The summed E-state index contributed by atoms with van der Waals surface area (Å²) in [4.78, 5) is 7.49. The highest BCUT2D eigenvalue weighted by molar-refractivity contribution is 5.88. The van der Waals surface area contributed by atoms with Gasteiger partial charge in [0.05, 0.1) is 0 Å². The van der Waals surface area contributed by atoms with E-state index in [9.17, 15) is 0 Å². The van der Waals surface area contributed by atoms with Crippen LogP contribution in [-0.2, 0) is 5.41 Å². The lowest BCUT2D eigenvalue weighted by atomic mass is 9.72. The van der Waals surface area contributed by atoms with Crippen molar-refractivity contribution < 1.29 is 0 Å². The lowest BCUT2D eigenvalue weighted by molar-refractivity contribution is 0.505. The molecule has 11 rings (SSSR count). The Hall–Kier alpha value is -6.84. The van der Waals surface area contributed by atoms with Gasteiger partial charge in [0.1, 0.15) is 0 Å². The second kappa shape index (κ2) is 15.3. The molecule has 0 aromatic heterocycles. The molecule has 0 N–H and O–H groups in total. The minimum absolute atomic E-state index is 0.132. The van der Waals surface area contributed by atoms with Gasteiger partial charge in [-0.25, -0.2) is 0 Å². The normalized spacial score (nSPS) is 18.3. The second-order valence-corrected chi connectivity index (χ2v) is 17.7. The third-order valence-corrected chi connectivity index (χ3v) is 13.8. The molecule has 61 heavy (non-hydrogen) atoms. The summed E-state index contributed by atoms with van der Waals surface area (Å²) in [5.41, 5.74) is 18.1. The predicted molar refractivity (Wildman–Crippen MR) is 256 cm³/mol. The average Bonchev–Trinajstić information content (AvgIpc) is 3.45. The number of fused-ring (bicyclic) bond motifs is 5. The Kier molecular flexibility index (Phi) is 9.34. The van der Waals surface area contributed by atoms with Crippen molar-refractivity contribution in [1.82, 2.24) is 0 Å². The van der Waals surface area contributed by atoms with Crippen LogP contribution < -0.4 is 14.7 Å². The maximum absolute atomic E-state index is 2.78. The van der Waals surface area contributed by atoms with Gasteiger partial charge in [0.25, 0.3) is 0 Å². The molecule has 2 aliphatic heterocycles. The van der Waals surface area contributed by atoms with Crippen molar-refractivity contribution >= 4 is 45.5 Å². The van der Waals surface area contributed by atoms with E-state index in [0.29, 0.717) is 17.9 Å². The number of para-hydroxylation sites is 5. The van der Waals surface area contributed by atoms with Crippen LogP contribution in [-0.4, -0.2) is 6.04 Å². The van der Waals surface area contributed by atoms with Gasteiger partial charge in [-0.2, -0.15) is 0 Å². The first-order valence-corrected chi connectivity index (χ1v) is 22.1. The van der Waals surface area contributed by atoms with E-state index in [2.05, 4.69) is 235 Å². The number of rotatable bonds is 8. The van der Waals surface area contributed by atoms with Gasteiger partial charge in [0, 0.05) is 62.9 Å². The van der Waals surface area contributed by atoms with Crippen molar-refractivity contribution in [2.75, 3.05) is 14.7 Å². The van der Waals surface area contributed by atoms with E-state index in [1.165, 1.54) is 81.1 Å². The maximum Gasteiger partial charge on any atom is 0.0491 e. The summed E-state index contributed by atoms with van der Waals surface area (Å²) < 4.78 is 0. The molecule has 2 heterocycles. The van der Waals surface area contributed by atoms with Crippen molar-refractivity contribution in [3.63, 3.8) is 0 Å². The standard InChI is InChI=1S/C58H51N3/c1-58(2)53-27-15-16-28-56(53)61-55-29-17-18-43(41-30-34-49(35-31-41)59(45-19-7-3-8-20-45)46-21-9-4-10-22-46)38-51(55)52-39-44(40-54(58)57(52)61)42-32-36-50(37-33-42)60(47-23-11-5-12-24-47)48-25-13-6-14-26-48/h3-16,19-28,30-37,39-40,43,51,55H,17-18,29,38H2,1-2H3. The third kappa shape index (κ3) is 6.51. The third-order valence-electron chi connectivity index (χ3n) is 13.8. The molecule has 298 valence electrons. The number of nitrogens with zero attached hydrogens (tertiary/aromatic N) is 3. The molecular formula is C58H51N3. The van der Waals surface area contributed by atoms with Crippen LogP contribution in [0.2, 0.25) is 0 Å². The average molecular weight is 790 g/mol. The Morgan fingerprint density at radius 3 is 1.48 bits per heavy atom. The first-order chi connectivity index (χ1) is 30.0. The number of anilines is 8.